The molecule has 0 aromatic heterocycles. The van der Waals surface area contributed by atoms with Crippen molar-refractivity contribution >= 4 is 17.7 Å². The molecule has 8 nitrogen and oxygen atoms in total. The number of imide groups is 1. The zero-order valence-electron chi connectivity index (χ0n) is 16.4. The number of carbonyl (C=O) groups is 3. The van der Waals surface area contributed by atoms with E-state index in [0.29, 0.717) is 30.3 Å². The summed E-state index contributed by atoms with van der Waals surface area (Å²) in [5.41, 5.74) is -0.950. The van der Waals surface area contributed by atoms with Crippen molar-refractivity contribution in [3.8, 4) is 17.2 Å². The van der Waals surface area contributed by atoms with Crippen LogP contribution in [0.1, 0.15) is 22.8 Å². The van der Waals surface area contributed by atoms with Crippen LogP contribution in [0.2, 0.25) is 0 Å². The van der Waals surface area contributed by atoms with Gasteiger partial charge in [0.1, 0.15) is 30.3 Å². The van der Waals surface area contributed by atoms with Crippen LogP contribution in [0.25, 0.3) is 0 Å². The van der Waals surface area contributed by atoms with Crippen molar-refractivity contribution in [2.24, 2.45) is 0 Å². The first-order valence-electron chi connectivity index (χ1n) is 9.24. The molecule has 1 atom stereocenters. The van der Waals surface area contributed by atoms with E-state index in [1.165, 1.54) is 13.2 Å². The van der Waals surface area contributed by atoms with Crippen LogP contribution >= 0.6 is 0 Å². The van der Waals surface area contributed by atoms with Gasteiger partial charge in [-0.15, -0.1) is 0 Å². The van der Waals surface area contributed by atoms with Crippen LogP contribution in [-0.4, -0.2) is 49.5 Å². The minimum Gasteiger partial charge on any atom is -0.496 e. The molecule has 30 heavy (non-hydrogen) atoms. The molecule has 1 saturated heterocycles. The summed E-state index contributed by atoms with van der Waals surface area (Å²) in [6.45, 7) is 1.80. The fraction of sp³-hybridized carbons (Fsp3) is 0.286. The normalized spacial score (nSPS) is 20.2. The summed E-state index contributed by atoms with van der Waals surface area (Å²) in [4.78, 5) is 39.2. The fourth-order valence-corrected chi connectivity index (χ4v) is 3.52. The third-order valence-electron chi connectivity index (χ3n) is 5.16. The lowest BCUT2D eigenvalue weighted by atomic mass is 9.91. The molecule has 2 aliphatic heterocycles. The number of fused-ring (bicyclic) bond motifs is 1. The molecular formula is C21H19FN2O6. The molecular weight excluding hydrogens is 395 g/mol. The van der Waals surface area contributed by atoms with Crippen molar-refractivity contribution < 1.29 is 33.0 Å². The van der Waals surface area contributed by atoms with Crippen LogP contribution in [0, 0.1) is 5.82 Å². The van der Waals surface area contributed by atoms with Gasteiger partial charge in [-0.2, -0.15) is 0 Å². The lowest BCUT2D eigenvalue weighted by Gasteiger charge is -2.25. The fourth-order valence-electron chi connectivity index (χ4n) is 3.52. The summed E-state index contributed by atoms with van der Waals surface area (Å²) in [5.74, 6) is -0.675. The van der Waals surface area contributed by atoms with Crippen LogP contribution in [0.4, 0.5) is 9.18 Å². The third-order valence-corrected chi connectivity index (χ3v) is 5.16. The number of nitrogens with one attached hydrogen (secondary N) is 1. The van der Waals surface area contributed by atoms with Gasteiger partial charge in [0.05, 0.1) is 19.2 Å². The van der Waals surface area contributed by atoms with Crippen LogP contribution in [0.3, 0.4) is 0 Å². The van der Waals surface area contributed by atoms with Gasteiger partial charge in [0.15, 0.2) is 17.3 Å². The summed E-state index contributed by atoms with van der Waals surface area (Å²) >= 11 is 0. The monoisotopic (exact) mass is 414 g/mol. The Morgan fingerprint density at radius 1 is 1.17 bits per heavy atom. The predicted molar refractivity (Wildman–Crippen MR) is 102 cm³/mol. The van der Waals surface area contributed by atoms with Gasteiger partial charge in [0.2, 0.25) is 0 Å². The van der Waals surface area contributed by atoms with Gasteiger partial charge in [0, 0.05) is 0 Å². The Bertz CT molecular complexity index is 1060. The molecule has 156 valence electrons. The predicted octanol–water partition coefficient (Wildman–Crippen LogP) is 2.26. The second-order valence-corrected chi connectivity index (χ2v) is 7.07. The Labute approximate surface area is 171 Å². The van der Waals surface area contributed by atoms with Crippen molar-refractivity contribution in [3.05, 3.63) is 53.3 Å². The smallest absolute Gasteiger partial charge is 0.325 e. The number of amides is 3. The van der Waals surface area contributed by atoms with E-state index < -0.39 is 35.6 Å². The lowest BCUT2D eigenvalue weighted by molar-refractivity contribution is -0.130. The van der Waals surface area contributed by atoms with E-state index in [1.54, 1.807) is 25.1 Å². The molecule has 9 heteroatoms. The SMILES string of the molecule is COc1ccc(F)cc1C(=O)CN1C(=O)N[C@](C)(c2ccc3c(c2)OCCO3)C1=O. The third kappa shape index (κ3) is 3.22. The van der Waals surface area contributed by atoms with E-state index in [4.69, 9.17) is 14.2 Å². The molecule has 0 aliphatic carbocycles. The molecule has 2 aromatic rings. The number of Topliss-reactive ketones (excluding diaryl/α,β-unsaturated/α-hetero) is 1. The highest BCUT2D eigenvalue weighted by Crippen LogP contribution is 2.37. The number of nitrogens with zero attached hydrogens (tertiary/aromatic N) is 1. The average molecular weight is 414 g/mol. The Balaban J connectivity index is 1.60. The molecule has 0 unspecified atom stereocenters. The summed E-state index contributed by atoms with van der Waals surface area (Å²) in [6, 6.07) is 7.72. The summed E-state index contributed by atoms with van der Waals surface area (Å²) in [6.07, 6.45) is 0. The Hall–Kier alpha value is -3.62. The standard InChI is InChI=1S/C21H19FN2O6/c1-21(12-3-5-17-18(9-12)30-8-7-29-17)19(26)24(20(27)23-21)11-15(25)14-10-13(22)4-6-16(14)28-2/h3-6,9-10H,7-8,11H2,1-2H3,(H,23,27)/t21-/m1/s1. The topological polar surface area (TPSA) is 94.2 Å². The maximum Gasteiger partial charge on any atom is 0.325 e. The average Bonchev–Trinajstić information content (AvgIpc) is 2.97. The number of carbonyl (C=O) groups excluding carboxylic acids is 3. The van der Waals surface area contributed by atoms with Crippen LogP contribution in [0.5, 0.6) is 17.2 Å². The number of halogens is 1. The maximum atomic E-state index is 13.6. The minimum atomic E-state index is -1.39. The molecule has 0 radical (unpaired) electrons. The van der Waals surface area contributed by atoms with E-state index in [9.17, 15) is 18.8 Å². The van der Waals surface area contributed by atoms with Gasteiger partial charge in [-0.25, -0.2) is 9.18 Å². The first-order chi connectivity index (χ1) is 14.3. The number of hydrogen-bond acceptors (Lipinski definition) is 6. The van der Waals surface area contributed by atoms with E-state index in [1.807, 2.05) is 0 Å². The highest BCUT2D eigenvalue weighted by molar-refractivity contribution is 6.11. The van der Waals surface area contributed by atoms with Crippen molar-refractivity contribution in [2.45, 2.75) is 12.5 Å². The van der Waals surface area contributed by atoms with Gasteiger partial charge in [-0.1, -0.05) is 6.07 Å². The van der Waals surface area contributed by atoms with Crippen LogP contribution in [0.15, 0.2) is 36.4 Å². The quantitative estimate of drug-likeness (QED) is 0.596. The number of benzene rings is 2. The number of hydrogen-bond donors (Lipinski definition) is 1. The van der Waals surface area contributed by atoms with Gasteiger partial charge in [-0.05, 0) is 42.8 Å². The molecule has 2 heterocycles. The minimum absolute atomic E-state index is 0.0500. The summed E-state index contributed by atoms with van der Waals surface area (Å²) in [7, 11) is 1.34. The van der Waals surface area contributed by atoms with Gasteiger partial charge < -0.3 is 19.5 Å². The number of methoxy groups -OCH3 is 1. The second kappa shape index (κ2) is 7.33. The molecule has 4 rings (SSSR count). The molecule has 0 bridgehead atoms. The van der Waals surface area contributed by atoms with E-state index in [0.717, 1.165) is 17.0 Å². The number of rotatable bonds is 5. The van der Waals surface area contributed by atoms with Crippen molar-refractivity contribution in [2.75, 3.05) is 26.9 Å². The first kappa shape index (κ1) is 19.7. The largest absolute Gasteiger partial charge is 0.496 e. The molecule has 1 N–H and O–H groups in total. The summed E-state index contributed by atoms with van der Waals surface area (Å²) < 4.78 is 29.7. The van der Waals surface area contributed by atoms with E-state index >= 15 is 0 Å². The Morgan fingerprint density at radius 2 is 1.90 bits per heavy atom. The van der Waals surface area contributed by atoms with E-state index in [-0.39, 0.29) is 11.3 Å². The first-order valence-corrected chi connectivity index (χ1v) is 9.24. The van der Waals surface area contributed by atoms with Crippen LogP contribution < -0.4 is 19.5 Å². The molecule has 0 spiro atoms. The maximum absolute atomic E-state index is 13.6. The number of urea groups is 1. The Kier molecular flexibility index (Phi) is 4.81. The molecule has 3 amide bonds. The lowest BCUT2D eigenvalue weighted by Crippen LogP contribution is -2.41. The number of ether oxygens (including phenoxy) is 3. The summed E-state index contributed by atoms with van der Waals surface area (Å²) in [5, 5.41) is 2.63. The highest BCUT2D eigenvalue weighted by Gasteiger charge is 2.50. The zero-order chi connectivity index (χ0) is 21.5. The van der Waals surface area contributed by atoms with Gasteiger partial charge >= 0.3 is 6.03 Å². The molecule has 2 aliphatic rings. The zero-order valence-corrected chi connectivity index (χ0v) is 16.4. The van der Waals surface area contributed by atoms with Crippen molar-refractivity contribution in [3.63, 3.8) is 0 Å². The van der Waals surface area contributed by atoms with Crippen molar-refractivity contribution in [1.29, 1.82) is 0 Å². The van der Waals surface area contributed by atoms with Gasteiger partial charge in [0.25, 0.3) is 5.91 Å². The van der Waals surface area contributed by atoms with Gasteiger partial charge in [-0.3, -0.25) is 14.5 Å². The molecule has 1 fully saturated rings. The van der Waals surface area contributed by atoms with Crippen molar-refractivity contribution in [1.82, 2.24) is 10.2 Å². The van der Waals surface area contributed by atoms with Crippen LogP contribution in [-0.2, 0) is 10.3 Å². The van der Waals surface area contributed by atoms with E-state index in [2.05, 4.69) is 5.32 Å². The highest BCUT2D eigenvalue weighted by atomic mass is 19.1. The number of ketones is 1. The Morgan fingerprint density at radius 3 is 2.63 bits per heavy atom. The molecule has 2 aromatic carbocycles. The second-order valence-electron chi connectivity index (χ2n) is 7.07. The molecule has 0 saturated carbocycles.